The first-order valence-electron chi connectivity index (χ1n) is 8.66. The van der Waals surface area contributed by atoms with E-state index in [9.17, 15) is 5.11 Å². The van der Waals surface area contributed by atoms with Crippen LogP contribution in [0.4, 0.5) is 11.4 Å². The van der Waals surface area contributed by atoms with Crippen LogP contribution < -0.4 is 0 Å². The molecule has 1 aliphatic rings. The molecule has 2 heterocycles. The first-order valence-corrected chi connectivity index (χ1v) is 10.2. The smallest absolute Gasteiger partial charge is 0.221 e. The second-order valence-electron chi connectivity index (χ2n) is 6.84. The van der Waals surface area contributed by atoms with Crippen LogP contribution in [0.3, 0.4) is 0 Å². The Balaban J connectivity index is 1.84. The molecule has 0 atom stereocenters. The number of nitrogens with zero attached hydrogens (tertiary/aromatic N) is 3. The third kappa shape index (κ3) is 3.10. The monoisotopic (exact) mass is 385 g/mol. The number of aromatic hydroxyl groups is 1. The zero-order valence-corrected chi connectivity index (χ0v) is 16.3. The fraction of sp³-hybridized carbons (Fsp3) is 0.300. The van der Waals surface area contributed by atoms with Crippen LogP contribution in [0.15, 0.2) is 52.7 Å². The van der Waals surface area contributed by atoms with Gasteiger partial charge in [-0.05, 0) is 47.9 Å². The first-order chi connectivity index (χ1) is 12.5. The normalized spacial score (nSPS) is 15.2. The number of benzene rings is 2. The predicted molar refractivity (Wildman–Crippen MR) is 110 cm³/mol. The molecule has 0 unspecified atom stereocenters. The van der Waals surface area contributed by atoms with Gasteiger partial charge in [0.15, 0.2) is 5.69 Å². The molecule has 0 aliphatic carbocycles. The molecule has 134 valence electrons. The van der Waals surface area contributed by atoms with Crippen molar-refractivity contribution >= 4 is 45.6 Å². The fourth-order valence-corrected chi connectivity index (χ4v) is 3.99. The molecule has 1 saturated heterocycles. The molecule has 1 fully saturated rings. The topological polar surface area (TPSA) is 49.9 Å². The van der Waals surface area contributed by atoms with E-state index < -0.39 is 0 Å². The number of rotatable bonds is 4. The number of hydrogen-bond acceptors (Lipinski definition) is 4. The molecule has 6 heteroatoms. The maximum Gasteiger partial charge on any atom is 0.221 e. The van der Waals surface area contributed by atoms with Crippen molar-refractivity contribution in [3.63, 3.8) is 0 Å². The standard InChI is InChI=1S/C20H20ClN3OS/c1-12(2)13-3-8-18-17(9-13)19(20(25)24(18)16-10-26-11-16)23-22-15-6-4-14(21)5-7-15/h3-9,12,16,25H,10-11H2,1-2H3. The van der Waals surface area contributed by atoms with Crippen molar-refractivity contribution in [1.82, 2.24) is 4.57 Å². The summed E-state index contributed by atoms with van der Waals surface area (Å²) in [5.41, 5.74) is 3.48. The zero-order valence-electron chi connectivity index (χ0n) is 14.7. The van der Waals surface area contributed by atoms with E-state index in [0.717, 1.165) is 22.4 Å². The van der Waals surface area contributed by atoms with Crippen LogP contribution in [0.25, 0.3) is 10.9 Å². The van der Waals surface area contributed by atoms with Crippen molar-refractivity contribution in [1.29, 1.82) is 0 Å². The lowest BCUT2D eigenvalue weighted by Gasteiger charge is -2.27. The van der Waals surface area contributed by atoms with E-state index in [1.54, 1.807) is 12.1 Å². The van der Waals surface area contributed by atoms with Crippen LogP contribution in [0.2, 0.25) is 5.02 Å². The molecule has 1 aromatic heterocycles. The quantitative estimate of drug-likeness (QED) is 0.500. The molecule has 0 amide bonds. The van der Waals surface area contributed by atoms with Gasteiger partial charge in [0, 0.05) is 21.9 Å². The second-order valence-corrected chi connectivity index (χ2v) is 8.35. The largest absolute Gasteiger partial charge is 0.493 e. The average Bonchev–Trinajstić information content (AvgIpc) is 2.85. The van der Waals surface area contributed by atoms with E-state index in [0.29, 0.717) is 28.4 Å². The summed E-state index contributed by atoms with van der Waals surface area (Å²) in [5.74, 6) is 2.63. The van der Waals surface area contributed by atoms with Crippen molar-refractivity contribution in [3.05, 3.63) is 53.1 Å². The summed E-state index contributed by atoms with van der Waals surface area (Å²) < 4.78 is 2.01. The summed E-state index contributed by atoms with van der Waals surface area (Å²) in [7, 11) is 0. The lowest BCUT2D eigenvalue weighted by atomic mass is 10.0. The Morgan fingerprint density at radius 1 is 1.12 bits per heavy atom. The summed E-state index contributed by atoms with van der Waals surface area (Å²) >= 11 is 7.81. The van der Waals surface area contributed by atoms with Crippen molar-refractivity contribution in [2.45, 2.75) is 25.8 Å². The van der Waals surface area contributed by atoms with Crippen LogP contribution in [-0.2, 0) is 0 Å². The Bertz CT molecular complexity index is 975. The SMILES string of the molecule is CC(C)c1ccc2c(c1)c(N=Nc1ccc(Cl)cc1)c(O)n2C1CSC1. The van der Waals surface area contributed by atoms with Crippen LogP contribution in [-0.4, -0.2) is 21.2 Å². The third-order valence-electron chi connectivity index (χ3n) is 4.72. The highest BCUT2D eigenvalue weighted by molar-refractivity contribution is 8.00. The number of hydrogen-bond donors (Lipinski definition) is 1. The van der Waals surface area contributed by atoms with Gasteiger partial charge in [0.1, 0.15) is 0 Å². The van der Waals surface area contributed by atoms with Gasteiger partial charge < -0.3 is 9.67 Å². The number of aromatic nitrogens is 1. The minimum absolute atomic E-state index is 0.198. The first kappa shape index (κ1) is 17.4. The molecule has 0 radical (unpaired) electrons. The van der Waals surface area contributed by atoms with Crippen LogP contribution >= 0.6 is 23.4 Å². The van der Waals surface area contributed by atoms with Crippen LogP contribution in [0.5, 0.6) is 5.88 Å². The summed E-state index contributed by atoms with van der Waals surface area (Å²) in [6.45, 7) is 4.32. The predicted octanol–water partition coefficient (Wildman–Crippen LogP) is 6.83. The number of halogens is 1. The molecular weight excluding hydrogens is 366 g/mol. The fourth-order valence-electron chi connectivity index (χ4n) is 3.12. The minimum Gasteiger partial charge on any atom is -0.493 e. The maximum atomic E-state index is 10.9. The van der Waals surface area contributed by atoms with Gasteiger partial charge in [-0.3, -0.25) is 0 Å². The Kier molecular flexibility index (Phi) is 4.67. The molecule has 0 bridgehead atoms. The number of fused-ring (bicyclic) bond motifs is 1. The van der Waals surface area contributed by atoms with Gasteiger partial charge in [-0.2, -0.15) is 16.9 Å². The Hall–Kier alpha value is -1.98. The highest BCUT2D eigenvalue weighted by Crippen LogP contribution is 2.45. The van der Waals surface area contributed by atoms with E-state index in [-0.39, 0.29) is 5.88 Å². The zero-order chi connectivity index (χ0) is 18.3. The average molecular weight is 386 g/mol. The summed E-state index contributed by atoms with van der Waals surface area (Å²) in [6, 6.07) is 13.8. The molecule has 0 spiro atoms. The Morgan fingerprint density at radius 2 is 1.85 bits per heavy atom. The summed E-state index contributed by atoms with van der Waals surface area (Å²) in [6.07, 6.45) is 0. The van der Waals surface area contributed by atoms with Gasteiger partial charge in [-0.1, -0.05) is 31.5 Å². The van der Waals surface area contributed by atoms with E-state index in [1.165, 1.54) is 5.56 Å². The third-order valence-corrected chi connectivity index (χ3v) is 6.21. The van der Waals surface area contributed by atoms with Crippen LogP contribution in [0, 0.1) is 0 Å². The molecule has 4 rings (SSSR count). The van der Waals surface area contributed by atoms with Crippen molar-refractivity contribution in [2.24, 2.45) is 10.2 Å². The molecule has 3 aromatic rings. The Labute approximate surface area is 161 Å². The molecule has 1 N–H and O–H groups in total. The lowest BCUT2D eigenvalue weighted by Crippen LogP contribution is -2.22. The van der Waals surface area contributed by atoms with Gasteiger partial charge >= 0.3 is 0 Å². The van der Waals surface area contributed by atoms with E-state index >= 15 is 0 Å². The lowest BCUT2D eigenvalue weighted by molar-refractivity contribution is 0.406. The molecule has 26 heavy (non-hydrogen) atoms. The van der Waals surface area contributed by atoms with Crippen molar-refractivity contribution < 1.29 is 5.11 Å². The number of thioether (sulfide) groups is 1. The molecular formula is C20H20ClN3OS. The van der Waals surface area contributed by atoms with Gasteiger partial charge in [-0.15, -0.1) is 5.11 Å². The van der Waals surface area contributed by atoms with Gasteiger partial charge in [0.25, 0.3) is 0 Å². The van der Waals surface area contributed by atoms with Crippen molar-refractivity contribution in [3.8, 4) is 5.88 Å². The van der Waals surface area contributed by atoms with Gasteiger partial charge in [0.05, 0.1) is 17.2 Å². The van der Waals surface area contributed by atoms with E-state index in [1.807, 2.05) is 28.5 Å². The number of azo groups is 1. The minimum atomic E-state index is 0.198. The highest BCUT2D eigenvalue weighted by Gasteiger charge is 2.27. The van der Waals surface area contributed by atoms with Gasteiger partial charge in [-0.25, -0.2) is 0 Å². The van der Waals surface area contributed by atoms with E-state index in [4.69, 9.17) is 11.6 Å². The van der Waals surface area contributed by atoms with E-state index in [2.05, 4.69) is 42.3 Å². The molecule has 4 nitrogen and oxygen atoms in total. The van der Waals surface area contributed by atoms with Crippen LogP contribution in [0.1, 0.15) is 31.4 Å². The Morgan fingerprint density at radius 3 is 2.46 bits per heavy atom. The highest BCUT2D eigenvalue weighted by atomic mass is 35.5. The van der Waals surface area contributed by atoms with Crippen molar-refractivity contribution in [2.75, 3.05) is 11.5 Å². The molecule has 1 aliphatic heterocycles. The summed E-state index contributed by atoms with van der Waals surface area (Å²) in [4.78, 5) is 0. The maximum absolute atomic E-state index is 10.9. The second kappa shape index (κ2) is 6.97. The van der Waals surface area contributed by atoms with Gasteiger partial charge in [0.2, 0.25) is 5.88 Å². The molecule has 2 aromatic carbocycles. The molecule has 0 saturated carbocycles. The summed E-state index contributed by atoms with van der Waals surface area (Å²) in [5, 5.41) is 21.2.